The molecule has 1 atom stereocenters. The summed E-state index contributed by atoms with van der Waals surface area (Å²) in [6.07, 6.45) is -0.789. The molecule has 7 heteroatoms. The third-order valence-corrected chi connectivity index (χ3v) is 3.44. The number of aliphatic hydroxyl groups is 1. The van der Waals surface area contributed by atoms with E-state index in [0.29, 0.717) is 13.2 Å². The van der Waals surface area contributed by atoms with Crippen molar-refractivity contribution in [1.82, 2.24) is 5.32 Å². The number of rotatable bonds is 7. The van der Waals surface area contributed by atoms with Gasteiger partial charge in [0, 0.05) is 5.41 Å². The minimum Gasteiger partial charge on any atom is -0.463 e. The van der Waals surface area contributed by atoms with Crippen LogP contribution in [0.15, 0.2) is 30.3 Å². The first-order valence-electron chi connectivity index (χ1n) is 7.35. The topological polar surface area (TPSA) is 94.1 Å². The number of carbonyl (C=O) groups excluding carboxylic acids is 2. The molecule has 1 fully saturated rings. The van der Waals surface area contributed by atoms with E-state index in [1.165, 1.54) is 0 Å². The SMILES string of the molecule is CC1(COC(=O)C(CO)NC(=O)OCc2ccccc2)COC1. The lowest BCUT2D eigenvalue weighted by Gasteiger charge is -2.37. The van der Waals surface area contributed by atoms with Crippen molar-refractivity contribution >= 4 is 12.1 Å². The molecule has 1 aliphatic heterocycles. The number of ether oxygens (including phenoxy) is 3. The van der Waals surface area contributed by atoms with E-state index < -0.39 is 24.7 Å². The molecule has 23 heavy (non-hydrogen) atoms. The summed E-state index contributed by atoms with van der Waals surface area (Å²) in [5, 5.41) is 11.5. The summed E-state index contributed by atoms with van der Waals surface area (Å²) in [5.41, 5.74) is 0.632. The highest BCUT2D eigenvalue weighted by atomic mass is 16.6. The zero-order valence-electron chi connectivity index (χ0n) is 13.0. The van der Waals surface area contributed by atoms with Gasteiger partial charge in [0.05, 0.1) is 19.8 Å². The fourth-order valence-corrected chi connectivity index (χ4v) is 1.97. The maximum Gasteiger partial charge on any atom is 0.408 e. The van der Waals surface area contributed by atoms with E-state index in [2.05, 4.69) is 5.32 Å². The number of hydrogen-bond acceptors (Lipinski definition) is 6. The number of aliphatic hydroxyl groups excluding tert-OH is 1. The predicted molar refractivity (Wildman–Crippen MR) is 80.5 cm³/mol. The second-order valence-corrected chi connectivity index (χ2v) is 5.85. The maximum atomic E-state index is 11.9. The lowest BCUT2D eigenvalue weighted by molar-refractivity contribution is -0.167. The number of esters is 1. The average molecular weight is 323 g/mol. The van der Waals surface area contributed by atoms with Crippen LogP contribution in [0.25, 0.3) is 0 Å². The summed E-state index contributed by atoms with van der Waals surface area (Å²) in [7, 11) is 0. The van der Waals surface area contributed by atoms with Gasteiger partial charge in [-0.15, -0.1) is 0 Å². The molecule has 0 spiro atoms. The van der Waals surface area contributed by atoms with Gasteiger partial charge in [-0.1, -0.05) is 37.3 Å². The van der Waals surface area contributed by atoms with Gasteiger partial charge in [0.25, 0.3) is 0 Å². The number of alkyl carbamates (subject to hydrolysis) is 1. The molecule has 1 aromatic carbocycles. The standard InChI is InChI=1S/C16H21NO6/c1-16(9-21-10-16)11-23-14(19)13(7-18)17-15(20)22-8-12-5-3-2-4-6-12/h2-6,13,18H,7-11H2,1H3,(H,17,20). The second kappa shape index (κ2) is 7.94. The number of hydrogen-bond donors (Lipinski definition) is 2. The van der Waals surface area contributed by atoms with Crippen molar-refractivity contribution in [2.24, 2.45) is 5.41 Å². The Labute approximate surface area is 134 Å². The molecule has 0 saturated carbocycles. The zero-order chi connectivity index (χ0) is 16.7. The number of amides is 1. The summed E-state index contributed by atoms with van der Waals surface area (Å²) in [6.45, 7) is 2.68. The first kappa shape index (κ1) is 17.2. The Balaban J connectivity index is 1.74. The smallest absolute Gasteiger partial charge is 0.408 e. The van der Waals surface area contributed by atoms with Crippen LogP contribution >= 0.6 is 0 Å². The number of carbonyl (C=O) groups is 2. The van der Waals surface area contributed by atoms with Crippen molar-refractivity contribution in [3.05, 3.63) is 35.9 Å². The van der Waals surface area contributed by atoms with Crippen LogP contribution in [0.1, 0.15) is 12.5 Å². The molecule has 2 N–H and O–H groups in total. The van der Waals surface area contributed by atoms with E-state index in [4.69, 9.17) is 14.2 Å². The molecule has 1 unspecified atom stereocenters. The summed E-state index contributed by atoms with van der Waals surface area (Å²) in [6, 6.07) is 7.99. The normalized spacial score (nSPS) is 16.8. The molecule has 0 aromatic heterocycles. The molecule has 1 saturated heterocycles. The van der Waals surface area contributed by atoms with Gasteiger partial charge in [0.15, 0.2) is 6.04 Å². The number of nitrogens with one attached hydrogen (secondary N) is 1. The van der Waals surface area contributed by atoms with Gasteiger partial charge in [-0.25, -0.2) is 9.59 Å². The van der Waals surface area contributed by atoms with E-state index in [1.807, 2.05) is 37.3 Å². The van der Waals surface area contributed by atoms with Crippen LogP contribution in [-0.2, 0) is 25.6 Å². The zero-order valence-corrected chi connectivity index (χ0v) is 13.0. The van der Waals surface area contributed by atoms with Crippen molar-refractivity contribution in [2.45, 2.75) is 19.6 Å². The summed E-state index contributed by atoms with van der Waals surface area (Å²) in [5.74, 6) is -0.697. The van der Waals surface area contributed by atoms with Crippen LogP contribution in [0.3, 0.4) is 0 Å². The van der Waals surface area contributed by atoms with Gasteiger partial charge < -0.3 is 24.6 Å². The van der Waals surface area contributed by atoms with Crippen LogP contribution in [-0.4, -0.2) is 49.6 Å². The molecule has 7 nitrogen and oxygen atoms in total. The van der Waals surface area contributed by atoms with Crippen molar-refractivity contribution in [3.63, 3.8) is 0 Å². The van der Waals surface area contributed by atoms with E-state index >= 15 is 0 Å². The Bertz CT molecular complexity index is 529. The van der Waals surface area contributed by atoms with Crippen LogP contribution in [0.2, 0.25) is 0 Å². The van der Waals surface area contributed by atoms with Gasteiger partial charge in [0.2, 0.25) is 0 Å². The monoisotopic (exact) mass is 323 g/mol. The largest absolute Gasteiger partial charge is 0.463 e. The fraction of sp³-hybridized carbons (Fsp3) is 0.500. The Morgan fingerprint density at radius 2 is 2.00 bits per heavy atom. The van der Waals surface area contributed by atoms with Crippen LogP contribution < -0.4 is 5.32 Å². The maximum absolute atomic E-state index is 11.9. The highest BCUT2D eigenvalue weighted by molar-refractivity contribution is 5.81. The highest BCUT2D eigenvalue weighted by Crippen LogP contribution is 2.26. The third kappa shape index (κ3) is 5.22. The summed E-state index contributed by atoms with van der Waals surface area (Å²) < 4.78 is 15.2. The van der Waals surface area contributed by atoms with Gasteiger partial charge in [-0.05, 0) is 5.56 Å². The Kier molecular flexibility index (Phi) is 5.95. The second-order valence-electron chi connectivity index (χ2n) is 5.85. The quantitative estimate of drug-likeness (QED) is 0.723. The summed E-state index contributed by atoms with van der Waals surface area (Å²) >= 11 is 0. The van der Waals surface area contributed by atoms with Gasteiger partial charge >= 0.3 is 12.1 Å². The van der Waals surface area contributed by atoms with Crippen molar-refractivity contribution < 1.29 is 28.9 Å². The molecule has 126 valence electrons. The Morgan fingerprint density at radius 3 is 2.57 bits per heavy atom. The predicted octanol–water partition coefficient (Wildman–Crippen LogP) is 0.853. The molecule has 1 heterocycles. The van der Waals surface area contributed by atoms with Crippen molar-refractivity contribution in [2.75, 3.05) is 26.4 Å². The van der Waals surface area contributed by atoms with E-state index in [1.54, 1.807) is 0 Å². The van der Waals surface area contributed by atoms with Crippen LogP contribution in [0, 0.1) is 5.41 Å². The minimum absolute atomic E-state index is 0.0787. The molecule has 2 rings (SSSR count). The minimum atomic E-state index is -1.15. The first-order valence-corrected chi connectivity index (χ1v) is 7.35. The molecule has 0 radical (unpaired) electrons. The van der Waals surface area contributed by atoms with Crippen molar-refractivity contribution in [1.29, 1.82) is 0 Å². The molecule has 1 aromatic rings. The highest BCUT2D eigenvalue weighted by Gasteiger charge is 2.35. The molecule has 1 aliphatic rings. The molecular weight excluding hydrogens is 302 g/mol. The molecular formula is C16H21NO6. The molecule has 1 amide bonds. The fourth-order valence-electron chi connectivity index (χ4n) is 1.97. The lowest BCUT2D eigenvalue weighted by Crippen LogP contribution is -2.48. The van der Waals surface area contributed by atoms with Gasteiger partial charge in [0.1, 0.15) is 13.2 Å². The molecule has 0 bridgehead atoms. The van der Waals surface area contributed by atoms with E-state index in [-0.39, 0.29) is 18.6 Å². The lowest BCUT2D eigenvalue weighted by atomic mass is 9.90. The van der Waals surface area contributed by atoms with Gasteiger partial charge in [-0.2, -0.15) is 0 Å². The van der Waals surface area contributed by atoms with Gasteiger partial charge in [-0.3, -0.25) is 0 Å². The van der Waals surface area contributed by atoms with Crippen LogP contribution in [0.5, 0.6) is 0 Å². The van der Waals surface area contributed by atoms with Crippen molar-refractivity contribution in [3.8, 4) is 0 Å². The van der Waals surface area contributed by atoms with E-state index in [0.717, 1.165) is 5.56 Å². The first-order chi connectivity index (χ1) is 11.0. The average Bonchev–Trinajstić information content (AvgIpc) is 2.54. The third-order valence-electron chi connectivity index (χ3n) is 3.44. The number of benzene rings is 1. The van der Waals surface area contributed by atoms with Crippen LogP contribution in [0.4, 0.5) is 4.79 Å². The Morgan fingerprint density at radius 1 is 1.30 bits per heavy atom. The summed E-state index contributed by atoms with van der Waals surface area (Å²) in [4.78, 5) is 23.6. The van der Waals surface area contributed by atoms with E-state index in [9.17, 15) is 14.7 Å². The Hall–Kier alpha value is -2.12. The molecule has 0 aliphatic carbocycles.